The van der Waals surface area contributed by atoms with E-state index < -0.39 is 0 Å². The molecule has 0 saturated heterocycles. The van der Waals surface area contributed by atoms with Crippen molar-refractivity contribution in [1.82, 2.24) is 0 Å². The summed E-state index contributed by atoms with van der Waals surface area (Å²) in [5.41, 5.74) is 0.224. The Hall–Kier alpha value is -0.630. The number of carbonyl (C=O) groups excluding carboxylic acids is 1. The van der Waals surface area contributed by atoms with E-state index in [-0.39, 0.29) is 17.3 Å². The van der Waals surface area contributed by atoms with Gasteiger partial charge in [-0.2, -0.15) is 0 Å². The predicted octanol–water partition coefficient (Wildman–Crippen LogP) is 2.58. The molecule has 1 atom stereocenters. The quantitative estimate of drug-likeness (QED) is 0.628. The summed E-state index contributed by atoms with van der Waals surface area (Å²) >= 11 is 0. The summed E-state index contributed by atoms with van der Waals surface area (Å²) in [4.78, 5) is 10.7. The highest BCUT2D eigenvalue weighted by Crippen LogP contribution is 2.22. The lowest BCUT2D eigenvalue weighted by Crippen LogP contribution is -2.17. The van der Waals surface area contributed by atoms with Crippen LogP contribution in [0.15, 0.2) is 12.2 Å². The number of hydrogen-bond donors (Lipinski definition) is 0. The van der Waals surface area contributed by atoms with Gasteiger partial charge in [0.2, 0.25) is 0 Å². The average Bonchev–Trinajstić information content (AvgIpc) is 1.95. The van der Waals surface area contributed by atoms with E-state index in [0.717, 1.165) is 6.42 Å². The summed E-state index contributed by atoms with van der Waals surface area (Å²) in [6.07, 6.45) is 4.37. The molecule has 0 aliphatic carbocycles. The third kappa shape index (κ3) is 7.72. The molecule has 0 N–H and O–H groups in total. The second-order valence-electron chi connectivity index (χ2n) is 4.51. The molecule has 0 amide bonds. The topological polar surface area (TPSA) is 26.3 Å². The maximum atomic E-state index is 10.7. The van der Waals surface area contributed by atoms with E-state index in [0.29, 0.717) is 0 Å². The lowest BCUT2D eigenvalue weighted by atomic mass is 9.89. The molecule has 0 aromatic heterocycles. The lowest BCUT2D eigenvalue weighted by molar-refractivity contribution is -0.112. The molecule has 0 spiro atoms. The molecular weight excluding hydrogens is 164 g/mol. The van der Waals surface area contributed by atoms with Crippen LogP contribution in [0.3, 0.4) is 0 Å². The van der Waals surface area contributed by atoms with Gasteiger partial charge in [0, 0.05) is 7.11 Å². The van der Waals surface area contributed by atoms with Gasteiger partial charge in [-0.3, -0.25) is 4.79 Å². The Kier molecular flexibility index (Phi) is 4.92. The number of carbonyl (C=O) groups is 1. The van der Waals surface area contributed by atoms with Crippen molar-refractivity contribution < 1.29 is 9.53 Å². The Bertz CT molecular complexity index is 187. The molecule has 0 fully saturated rings. The largest absolute Gasteiger partial charge is 0.377 e. The number of hydrogen-bond acceptors (Lipinski definition) is 2. The smallest absolute Gasteiger partial charge is 0.152 e. The molecule has 0 aromatic carbocycles. The Balaban J connectivity index is 4.12. The lowest BCUT2D eigenvalue weighted by Gasteiger charge is -2.22. The van der Waals surface area contributed by atoms with Gasteiger partial charge >= 0.3 is 0 Å². The van der Waals surface area contributed by atoms with Gasteiger partial charge in [-0.15, -0.1) is 0 Å². The van der Waals surface area contributed by atoms with Crippen LogP contribution in [0.1, 0.15) is 34.1 Å². The maximum Gasteiger partial charge on any atom is 0.152 e. The maximum absolute atomic E-state index is 10.7. The second-order valence-corrected chi connectivity index (χ2v) is 4.51. The second kappa shape index (κ2) is 5.18. The van der Waals surface area contributed by atoms with Gasteiger partial charge < -0.3 is 4.74 Å². The van der Waals surface area contributed by atoms with E-state index in [2.05, 4.69) is 20.8 Å². The van der Waals surface area contributed by atoms with Gasteiger partial charge in [0.15, 0.2) is 5.78 Å². The van der Waals surface area contributed by atoms with Crippen LogP contribution in [0, 0.1) is 5.41 Å². The first-order valence-electron chi connectivity index (χ1n) is 4.57. The monoisotopic (exact) mass is 184 g/mol. The van der Waals surface area contributed by atoms with Crippen LogP contribution in [0.25, 0.3) is 0 Å². The van der Waals surface area contributed by atoms with Gasteiger partial charge in [-0.25, -0.2) is 0 Å². The van der Waals surface area contributed by atoms with Crippen molar-refractivity contribution in [3.05, 3.63) is 12.2 Å². The fourth-order valence-electron chi connectivity index (χ4n) is 1.08. The fourth-order valence-corrected chi connectivity index (χ4v) is 1.08. The first-order valence-corrected chi connectivity index (χ1v) is 4.57. The summed E-state index contributed by atoms with van der Waals surface area (Å²) in [6, 6.07) is 0. The van der Waals surface area contributed by atoms with Gasteiger partial charge in [-0.1, -0.05) is 26.8 Å². The Morgan fingerprint density at radius 1 is 1.46 bits per heavy atom. The van der Waals surface area contributed by atoms with Gasteiger partial charge in [0.05, 0.1) is 6.10 Å². The summed E-state index contributed by atoms with van der Waals surface area (Å²) in [6.45, 7) is 8.00. The van der Waals surface area contributed by atoms with Gasteiger partial charge in [0.25, 0.3) is 0 Å². The number of methoxy groups -OCH3 is 1. The molecule has 0 aliphatic heterocycles. The predicted molar refractivity (Wildman–Crippen MR) is 54.7 cm³/mol. The zero-order valence-corrected chi connectivity index (χ0v) is 9.26. The summed E-state index contributed by atoms with van der Waals surface area (Å²) in [7, 11) is 1.67. The minimum absolute atomic E-state index is 0.0453. The fraction of sp³-hybridized carbons (Fsp3) is 0.727. The zero-order valence-electron chi connectivity index (χ0n) is 9.26. The normalized spacial score (nSPS) is 14.8. The van der Waals surface area contributed by atoms with E-state index >= 15 is 0 Å². The van der Waals surface area contributed by atoms with Crippen molar-refractivity contribution >= 4 is 5.78 Å². The van der Waals surface area contributed by atoms with Crippen LogP contribution in [0.4, 0.5) is 0 Å². The molecule has 0 heterocycles. The van der Waals surface area contributed by atoms with Gasteiger partial charge in [0.1, 0.15) is 0 Å². The molecule has 0 bridgehead atoms. The highest BCUT2D eigenvalue weighted by Gasteiger charge is 2.15. The minimum Gasteiger partial charge on any atom is -0.377 e. The number of ether oxygens (including phenoxy) is 1. The molecular formula is C11H20O2. The van der Waals surface area contributed by atoms with E-state index in [4.69, 9.17) is 4.74 Å². The number of allylic oxidation sites excluding steroid dienone is 1. The summed E-state index contributed by atoms with van der Waals surface area (Å²) in [5, 5.41) is 0. The molecule has 0 aliphatic rings. The van der Waals surface area contributed by atoms with E-state index in [1.165, 1.54) is 0 Å². The number of ketones is 1. The molecule has 0 saturated carbocycles. The molecule has 2 nitrogen and oxygen atoms in total. The zero-order chi connectivity index (χ0) is 10.5. The first kappa shape index (κ1) is 12.4. The third-order valence-electron chi connectivity index (χ3n) is 1.66. The average molecular weight is 184 g/mol. The highest BCUT2D eigenvalue weighted by molar-refractivity contribution is 5.87. The van der Waals surface area contributed by atoms with Crippen molar-refractivity contribution in [1.29, 1.82) is 0 Å². The van der Waals surface area contributed by atoms with Crippen LogP contribution in [-0.2, 0) is 9.53 Å². The molecule has 0 rings (SSSR count). The highest BCUT2D eigenvalue weighted by atomic mass is 16.5. The van der Waals surface area contributed by atoms with Crippen LogP contribution in [0.5, 0.6) is 0 Å². The Labute approximate surface area is 81.0 Å². The summed E-state index contributed by atoms with van der Waals surface area (Å²) in [5.74, 6) is 0.0657. The van der Waals surface area contributed by atoms with Crippen molar-refractivity contribution in [2.45, 2.75) is 40.2 Å². The molecule has 76 valence electrons. The van der Waals surface area contributed by atoms with Crippen LogP contribution in [-0.4, -0.2) is 19.0 Å². The molecule has 1 unspecified atom stereocenters. The van der Waals surface area contributed by atoms with Crippen molar-refractivity contribution in [2.75, 3.05) is 7.11 Å². The van der Waals surface area contributed by atoms with Gasteiger partial charge in [-0.05, 0) is 24.8 Å². The van der Waals surface area contributed by atoms with E-state index in [1.807, 2.05) is 6.08 Å². The van der Waals surface area contributed by atoms with E-state index in [9.17, 15) is 4.79 Å². The molecule has 13 heavy (non-hydrogen) atoms. The molecule has 0 aromatic rings. The third-order valence-corrected chi connectivity index (χ3v) is 1.66. The Morgan fingerprint density at radius 2 is 2.00 bits per heavy atom. The van der Waals surface area contributed by atoms with Crippen molar-refractivity contribution in [2.24, 2.45) is 5.41 Å². The minimum atomic E-state index is 0.0453. The van der Waals surface area contributed by atoms with Crippen LogP contribution < -0.4 is 0 Å². The van der Waals surface area contributed by atoms with Crippen molar-refractivity contribution in [3.63, 3.8) is 0 Å². The SMILES string of the molecule is COC(/C=C/C(C)=O)CC(C)(C)C. The molecule has 0 radical (unpaired) electrons. The summed E-state index contributed by atoms with van der Waals surface area (Å²) < 4.78 is 5.24. The Morgan fingerprint density at radius 3 is 2.31 bits per heavy atom. The van der Waals surface area contributed by atoms with Crippen LogP contribution >= 0.6 is 0 Å². The van der Waals surface area contributed by atoms with Crippen LogP contribution in [0.2, 0.25) is 0 Å². The first-order chi connectivity index (χ1) is 5.85. The standard InChI is InChI=1S/C11H20O2/c1-9(12)6-7-10(13-5)8-11(2,3)4/h6-7,10H,8H2,1-5H3/b7-6+. The number of rotatable bonds is 4. The molecule has 2 heteroatoms. The van der Waals surface area contributed by atoms with E-state index in [1.54, 1.807) is 20.1 Å². The van der Waals surface area contributed by atoms with Crippen molar-refractivity contribution in [3.8, 4) is 0 Å².